The van der Waals surface area contributed by atoms with Crippen molar-refractivity contribution in [2.45, 2.75) is 13.8 Å². The Hall–Kier alpha value is -1.15. The molecule has 3 heteroatoms. The minimum atomic E-state index is -0.121. The van der Waals surface area contributed by atoms with Gasteiger partial charge in [-0.1, -0.05) is 23.8 Å². The average molecular weight is 196 g/mol. The molecule has 2 nitrogen and oxygen atoms in total. The average Bonchev–Trinajstić information content (AvgIpc) is 2.06. The maximum absolute atomic E-state index is 11.1. The lowest BCUT2D eigenvalue weighted by atomic mass is 10.2. The fourth-order valence-corrected chi connectivity index (χ4v) is 1.17. The Morgan fingerprint density at radius 1 is 1.46 bits per heavy atom. The van der Waals surface area contributed by atoms with Gasteiger partial charge in [0, 0.05) is 13.1 Å². The second kappa shape index (κ2) is 4.19. The van der Waals surface area contributed by atoms with E-state index < -0.39 is 0 Å². The summed E-state index contributed by atoms with van der Waals surface area (Å²) in [5.41, 5.74) is 1.17. The van der Waals surface area contributed by atoms with Crippen LogP contribution in [0.2, 0.25) is 0 Å². The first-order valence-corrected chi connectivity index (χ1v) is 4.29. The van der Waals surface area contributed by atoms with Gasteiger partial charge < -0.3 is 0 Å². The fourth-order valence-electron chi connectivity index (χ4n) is 0.929. The third-order valence-electron chi connectivity index (χ3n) is 1.63. The molecule has 0 aromatic carbocycles. The number of Topliss-reactive ketones (excluding diaryl/α,β-unsaturated/α-hetero) is 1. The molecule has 1 heterocycles. The van der Waals surface area contributed by atoms with Gasteiger partial charge in [-0.15, -0.1) is 0 Å². The Labute approximate surface area is 82.3 Å². The molecular weight excluding hydrogens is 186 g/mol. The fraction of sp³-hybridized carbons (Fsp3) is 0.200. The van der Waals surface area contributed by atoms with Crippen LogP contribution in [0.3, 0.4) is 0 Å². The first-order chi connectivity index (χ1) is 6.13. The lowest BCUT2D eigenvalue weighted by Gasteiger charge is -2.03. The maximum Gasteiger partial charge on any atom is 0.179 e. The number of carbonyl (C=O) groups is 1. The highest BCUT2D eigenvalue weighted by Crippen LogP contribution is 2.21. The van der Waals surface area contributed by atoms with E-state index in [1.165, 1.54) is 6.92 Å². The topological polar surface area (TPSA) is 29.4 Å². The zero-order valence-corrected chi connectivity index (χ0v) is 8.30. The Kier molecular flexibility index (Phi) is 3.20. The van der Waals surface area contributed by atoms with Gasteiger partial charge in [0.1, 0.15) is 5.70 Å². The second-order valence-electron chi connectivity index (χ2n) is 2.73. The van der Waals surface area contributed by atoms with E-state index in [9.17, 15) is 4.79 Å². The predicted molar refractivity (Wildman–Crippen MR) is 54.9 cm³/mol. The summed E-state index contributed by atoms with van der Waals surface area (Å²) in [6.07, 6.45) is 6.99. The van der Waals surface area contributed by atoms with Gasteiger partial charge in [0.25, 0.3) is 0 Å². The number of halogens is 1. The van der Waals surface area contributed by atoms with Crippen molar-refractivity contribution in [3.8, 4) is 0 Å². The van der Waals surface area contributed by atoms with E-state index >= 15 is 0 Å². The minimum absolute atomic E-state index is 0.121. The quantitative estimate of drug-likeness (QED) is 0.633. The number of rotatable bonds is 1. The molecule has 68 valence electrons. The Bertz CT molecular complexity index is 348. The van der Waals surface area contributed by atoms with Crippen molar-refractivity contribution in [2.75, 3.05) is 0 Å². The third kappa shape index (κ3) is 2.39. The summed E-state index contributed by atoms with van der Waals surface area (Å²) in [5, 5.41) is 0.424. The molecule has 1 aliphatic rings. The van der Waals surface area contributed by atoms with E-state index in [0.29, 0.717) is 10.7 Å². The highest BCUT2D eigenvalue weighted by Gasteiger charge is 2.09. The molecule has 0 aromatic rings. The smallest absolute Gasteiger partial charge is 0.179 e. The molecule has 0 N–H and O–H groups in total. The lowest BCUT2D eigenvalue weighted by Crippen LogP contribution is -1.98. The molecule has 0 unspecified atom stereocenters. The first kappa shape index (κ1) is 9.93. The van der Waals surface area contributed by atoms with Crippen LogP contribution in [0.5, 0.6) is 0 Å². The summed E-state index contributed by atoms with van der Waals surface area (Å²) in [6.45, 7) is 3.30. The minimum Gasteiger partial charge on any atom is -0.293 e. The molecule has 0 aromatic heterocycles. The summed E-state index contributed by atoms with van der Waals surface area (Å²) < 4.78 is 0. The summed E-state index contributed by atoms with van der Waals surface area (Å²) in [4.78, 5) is 15.1. The van der Waals surface area contributed by atoms with Crippen molar-refractivity contribution >= 4 is 23.6 Å². The number of nitrogens with zero attached hydrogens (tertiary/aromatic N) is 1. The summed E-state index contributed by atoms with van der Waals surface area (Å²) in [5.74, 6) is -0.121. The number of hydrogen-bond acceptors (Lipinski definition) is 2. The summed E-state index contributed by atoms with van der Waals surface area (Å²) >= 11 is 5.95. The van der Waals surface area contributed by atoms with Crippen molar-refractivity contribution in [3.05, 3.63) is 34.5 Å². The lowest BCUT2D eigenvalue weighted by molar-refractivity contribution is -0.113. The highest BCUT2D eigenvalue weighted by atomic mass is 35.5. The van der Waals surface area contributed by atoms with Gasteiger partial charge in [-0.25, -0.2) is 0 Å². The first-order valence-electron chi connectivity index (χ1n) is 3.91. The van der Waals surface area contributed by atoms with Gasteiger partial charge in [0.15, 0.2) is 5.78 Å². The van der Waals surface area contributed by atoms with Crippen LogP contribution in [0.4, 0.5) is 0 Å². The molecule has 0 atom stereocenters. The molecule has 0 fully saturated rings. The van der Waals surface area contributed by atoms with Gasteiger partial charge >= 0.3 is 0 Å². The van der Waals surface area contributed by atoms with Crippen LogP contribution >= 0.6 is 11.6 Å². The molecule has 0 saturated heterocycles. The van der Waals surface area contributed by atoms with Crippen LogP contribution in [0.15, 0.2) is 39.5 Å². The molecule has 13 heavy (non-hydrogen) atoms. The Morgan fingerprint density at radius 2 is 2.15 bits per heavy atom. The highest BCUT2D eigenvalue weighted by molar-refractivity contribution is 6.34. The normalized spacial score (nSPS) is 31.2. The van der Waals surface area contributed by atoms with Gasteiger partial charge in [0.05, 0.1) is 5.03 Å². The third-order valence-corrected chi connectivity index (χ3v) is 2.11. The molecule has 0 spiro atoms. The summed E-state index contributed by atoms with van der Waals surface area (Å²) in [7, 11) is 0. The van der Waals surface area contributed by atoms with Crippen LogP contribution in [-0.4, -0.2) is 12.0 Å². The number of hydrogen-bond donors (Lipinski definition) is 0. The second-order valence-corrected chi connectivity index (χ2v) is 3.11. The molecule has 0 aliphatic carbocycles. The van der Waals surface area contributed by atoms with Crippen molar-refractivity contribution < 1.29 is 4.79 Å². The van der Waals surface area contributed by atoms with E-state index in [0.717, 1.165) is 5.57 Å². The summed E-state index contributed by atoms with van der Waals surface area (Å²) in [6, 6.07) is 0. The predicted octanol–water partition coefficient (Wildman–Crippen LogP) is 2.61. The monoisotopic (exact) mass is 195 g/mol. The van der Waals surface area contributed by atoms with Gasteiger partial charge in [-0.3, -0.25) is 9.79 Å². The molecular formula is C10H10ClNO. The van der Waals surface area contributed by atoms with E-state index in [4.69, 9.17) is 11.6 Å². The van der Waals surface area contributed by atoms with Crippen molar-refractivity contribution in [3.63, 3.8) is 0 Å². The van der Waals surface area contributed by atoms with Crippen LogP contribution in [0.1, 0.15) is 13.8 Å². The van der Waals surface area contributed by atoms with Crippen LogP contribution in [-0.2, 0) is 4.79 Å². The standard InChI is InChI=1S/C10H10ClNO/c1-7-5-3-4-6-12-10(8(2)13)9(7)11/h3-6H,1-2H3/b4-3+,5-3?,6-4?,7-5+,9-7?,10-9+,12-6-,12-10?. The zero-order chi connectivity index (χ0) is 9.84. The van der Waals surface area contributed by atoms with Gasteiger partial charge in [-0.05, 0) is 18.6 Å². The van der Waals surface area contributed by atoms with E-state index in [-0.39, 0.29) is 5.78 Å². The SMILES string of the molecule is CC(=O)C1=C(Cl)/C(C)=C/C=C/C=N\1. The van der Waals surface area contributed by atoms with Crippen LogP contribution in [0.25, 0.3) is 0 Å². The molecule has 0 radical (unpaired) electrons. The van der Waals surface area contributed by atoms with Crippen molar-refractivity contribution in [2.24, 2.45) is 4.99 Å². The van der Waals surface area contributed by atoms with Crippen molar-refractivity contribution in [1.82, 2.24) is 0 Å². The molecule has 1 rings (SSSR count). The van der Waals surface area contributed by atoms with Crippen LogP contribution < -0.4 is 0 Å². The number of ketones is 1. The van der Waals surface area contributed by atoms with Gasteiger partial charge in [-0.2, -0.15) is 0 Å². The zero-order valence-electron chi connectivity index (χ0n) is 7.54. The van der Waals surface area contributed by atoms with Gasteiger partial charge in [0.2, 0.25) is 0 Å². The number of aliphatic imine (C=N–C) groups is 1. The number of carbonyl (C=O) groups excluding carboxylic acids is 1. The number of allylic oxidation sites excluding steroid dienone is 6. The molecule has 0 amide bonds. The van der Waals surface area contributed by atoms with E-state index in [2.05, 4.69) is 4.99 Å². The Morgan fingerprint density at radius 3 is 2.77 bits per heavy atom. The van der Waals surface area contributed by atoms with Crippen LogP contribution in [0, 0.1) is 0 Å². The van der Waals surface area contributed by atoms with E-state index in [1.807, 2.05) is 19.1 Å². The largest absolute Gasteiger partial charge is 0.293 e. The molecule has 0 saturated carbocycles. The van der Waals surface area contributed by atoms with E-state index in [1.54, 1.807) is 12.3 Å². The maximum atomic E-state index is 11.1. The van der Waals surface area contributed by atoms with Crippen molar-refractivity contribution in [1.29, 1.82) is 0 Å². The molecule has 0 bridgehead atoms. The Balaban J connectivity index is 3.21. The molecule has 1 aliphatic heterocycles.